The first kappa shape index (κ1) is 59.0. The highest BCUT2D eigenvalue weighted by Gasteiger charge is 2.50. The zero-order valence-corrected chi connectivity index (χ0v) is 55.6. The predicted molar refractivity (Wildman–Crippen MR) is 421 cm³/mol. The molecule has 2 aromatic heterocycles. The molecule has 10 heteroatoms. The third kappa shape index (κ3) is 10.0. The number of hydrogen-bond acceptors (Lipinski definition) is 8. The van der Waals surface area contributed by atoms with Crippen LogP contribution < -0.4 is 55.2 Å². The predicted octanol–water partition coefficient (Wildman–Crippen LogP) is 21.0. The van der Waals surface area contributed by atoms with Gasteiger partial charge in [0.05, 0.1) is 17.1 Å². The average Bonchev–Trinajstić information content (AvgIpc) is 1.17. The van der Waals surface area contributed by atoms with Gasteiger partial charge in [0, 0.05) is 117 Å². The van der Waals surface area contributed by atoms with Crippen molar-refractivity contribution >= 4 is 150 Å². The lowest BCUT2D eigenvalue weighted by Crippen LogP contribution is -2.63. The molecule has 0 aliphatic carbocycles. The summed E-state index contributed by atoms with van der Waals surface area (Å²) in [6.45, 7) is 7.35. The van der Waals surface area contributed by atoms with Gasteiger partial charge in [0.2, 0.25) is 6.71 Å². The van der Waals surface area contributed by atoms with E-state index in [2.05, 4.69) is 372 Å². The van der Waals surface area contributed by atoms with E-state index in [-0.39, 0.29) is 25.3 Å². The third-order valence-corrected chi connectivity index (χ3v) is 22.5. The molecular formula is C88H65B2N5OS2. The number of ether oxygens (including phenoxy) is 1. The summed E-state index contributed by atoms with van der Waals surface area (Å²) in [7, 11) is 0. The number of nitrogens with zero attached hydrogens (tertiary/aromatic N) is 5. The summed E-state index contributed by atoms with van der Waals surface area (Å²) in [6.07, 6.45) is 2.03. The van der Waals surface area contributed by atoms with Crippen LogP contribution in [0.4, 0.5) is 68.2 Å². The van der Waals surface area contributed by atoms with Crippen molar-refractivity contribution in [2.75, 3.05) is 31.0 Å². The Bertz CT molecular complexity index is 5300. The Morgan fingerprint density at radius 3 is 1.52 bits per heavy atom. The van der Waals surface area contributed by atoms with E-state index in [0.717, 1.165) is 113 Å². The molecule has 3 aliphatic heterocycles. The van der Waals surface area contributed by atoms with Gasteiger partial charge >= 0.3 is 0 Å². The van der Waals surface area contributed by atoms with E-state index < -0.39 is 0 Å². The lowest BCUT2D eigenvalue weighted by Gasteiger charge is -2.48. The molecule has 0 radical (unpaired) electrons. The van der Waals surface area contributed by atoms with Crippen molar-refractivity contribution in [2.24, 2.45) is 0 Å². The summed E-state index contributed by atoms with van der Waals surface area (Å²) in [5.41, 5.74) is 21.4. The fourth-order valence-electron chi connectivity index (χ4n) is 15.8. The number of thiophene rings is 2. The SMILES string of the molecule is C=CN(c1ccccc1)c1c(B2c3cc4c(cc3N(c3c(-c5ccccc5)cccc3-c3ccccc3)CC2[C@H](C)N(c2ccccc2)c2ccccc2)N(c2ccccc2)c2cc(N(c3ccccc3)c3ccccc3)cc3c2B4c2sc4ccccc4c2O3)sc2ccccc12. The molecule has 2 atom stereocenters. The molecule has 0 saturated carbocycles. The Morgan fingerprint density at radius 2 is 0.949 bits per heavy atom. The average molecular weight is 1290 g/mol. The fraction of sp³-hybridized carbons (Fsp3) is 0.0455. The van der Waals surface area contributed by atoms with Crippen LogP contribution in [0.5, 0.6) is 11.5 Å². The van der Waals surface area contributed by atoms with E-state index in [1.165, 1.54) is 35.3 Å². The van der Waals surface area contributed by atoms with Crippen molar-refractivity contribution in [2.45, 2.75) is 18.8 Å². The molecule has 3 aliphatic rings. The molecule has 0 fully saturated rings. The summed E-state index contributed by atoms with van der Waals surface area (Å²) in [5.74, 6) is 1.66. The zero-order valence-electron chi connectivity index (χ0n) is 54.0. The molecule has 13 aromatic carbocycles. The molecule has 5 heterocycles. The number of para-hydroxylation sites is 7. The van der Waals surface area contributed by atoms with Crippen LogP contribution in [0.15, 0.2) is 346 Å². The lowest BCUT2D eigenvalue weighted by atomic mass is 9.31. The quantitative estimate of drug-likeness (QED) is 0.0949. The molecule has 0 spiro atoms. The minimum atomic E-state index is -0.234. The van der Waals surface area contributed by atoms with E-state index in [1.807, 2.05) is 28.9 Å². The van der Waals surface area contributed by atoms with Crippen LogP contribution in [0.25, 0.3) is 42.4 Å². The number of benzene rings is 13. The molecule has 0 N–H and O–H groups in total. The van der Waals surface area contributed by atoms with Crippen molar-refractivity contribution in [3.8, 4) is 33.8 Å². The summed E-state index contributed by atoms with van der Waals surface area (Å²) in [5, 5.41) is 2.31. The van der Waals surface area contributed by atoms with Gasteiger partial charge in [-0.3, -0.25) is 0 Å². The maximum absolute atomic E-state index is 7.65. The van der Waals surface area contributed by atoms with Crippen LogP contribution in [-0.4, -0.2) is 26.0 Å². The Hall–Kier alpha value is -11.6. The number of hydrogen-bond donors (Lipinski definition) is 0. The number of fused-ring (bicyclic) bond motifs is 8. The van der Waals surface area contributed by atoms with E-state index >= 15 is 0 Å². The van der Waals surface area contributed by atoms with Gasteiger partial charge in [0.25, 0.3) is 6.71 Å². The van der Waals surface area contributed by atoms with Crippen LogP contribution in [0.3, 0.4) is 0 Å². The lowest BCUT2D eigenvalue weighted by molar-refractivity contribution is 0.495. The molecule has 0 saturated heterocycles. The largest absolute Gasteiger partial charge is 0.457 e. The molecule has 1 unspecified atom stereocenters. The monoisotopic (exact) mass is 1290 g/mol. The van der Waals surface area contributed by atoms with E-state index in [4.69, 9.17) is 4.74 Å². The van der Waals surface area contributed by atoms with Crippen LogP contribution in [0.1, 0.15) is 6.92 Å². The van der Waals surface area contributed by atoms with Gasteiger partial charge in [0.15, 0.2) is 0 Å². The first-order valence-electron chi connectivity index (χ1n) is 33.7. The maximum atomic E-state index is 7.65. The highest BCUT2D eigenvalue weighted by molar-refractivity contribution is 7.33. The van der Waals surface area contributed by atoms with Gasteiger partial charge in [-0.15, -0.1) is 22.7 Å². The van der Waals surface area contributed by atoms with Crippen molar-refractivity contribution < 1.29 is 4.74 Å². The summed E-state index contributed by atoms with van der Waals surface area (Å²) in [4.78, 5) is 12.7. The van der Waals surface area contributed by atoms with Crippen LogP contribution in [0.2, 0.25) is 5.82 Å². The molecule has 466 valence electrons. The van der Waals surface area contributed by atoms with Gasteiger partial charge in [0.1, 0.15) is 11.5 Å². The molecule has 0 bridgehead atoms. The second-order valence-electron chi connectivity index (χ2n) is 25.5. The van der Waals surface area contributed by atoms with E-state index in [0.29, 0.717) is 6.54 Å². The van der Waals surface area contributed by atoms with Crippen LogP contribution >= 0.6 is 22.7 Å². The Balaban J connectivity index is 0.995. The zero-order chi connectivity index (χ0) is 65.2. The molecule has 15 aromatic rings. The normalized spacial score (nSPS) is 13.8. The summed E-state index contributed by atoms with van der Waals surface area (Å²) < 4.78 is 12.5. The second-order valence-corrected chi connectivity index (χ2v) is 27.7. The molecule has 18 rings (SSSR count). The molecule has 98 heavy (non-hydrogen) atoms. The number of rotatable bonds is 15. The number of anilines is 12. The van der Waals surface area contributed by atoms with Gasteiger partial charge < -0.3 is 29.2 Å². The van der Waals surface area contributed by atoms with Crippen LogP contribution in [0, 0.1) is 0 Å². The summed E-state index contributed by atoms with van der Waals surface area (Å²) in [6, 6.07) is 122. The molecule has 6 nitrogen and oxygen atoms in total. The Kier molecular flexibility index (Phi) is 15.0. The van der Waals surface area contributed by atoms with Crippen molar-refractivity contribution in [3.05, 3.63) is 346 Å². The van der Waals surface area contributed by atoms with Gasteiger partial charge in [-0.2, -0.15) is 0 Å². The fourth-order valence-corrected chi connectivity index (χ4v) is 18.5. The van der Waals surface area contributed by atoms with Crippen molar-refractivity contribution in [1.29, 1.82) is 0 Å². The Labute approximate surface area is 581 Å². The first-order valence-corrected chi connectivity index (χ1v) is 35.4. The summed E-state index contributed by atoms with van der Waals surface area (Å²) >= 11 is 3.79. The van der Waals surface area contributed by atoms with Gasteiger partial charge in [-0.05, 0) is 143 Å². The first-order chi connectivity index (χ1) is 48.5. The van der Waals surface area contributed by atoms with E-state index in [9.17, 15) is 0 Å². The topological polar surface area (TPSA) is 25.4 Å². The van der Waals surface area contributed by atoms with Gasteiger partial charge in [-0.25, -0.2) is 0 Å². The maximum Gasteiger partial charge on any atom is 0.268 e. The minimum Gasteiger partial charge on any atom is -0.457 e. The van der Waals surface area contributed by atoms with Gasteiger partial charge in [-0.1, -0.05) is 231 Å². The third-order valence-electron chi connectivity index (χ3n) is 20.1. The van der Waals surface area contributed by atoms with E-state index in [1.54, 1.807) is 0 Å². The molecular weight excluding hydrogens is 1230 g/mol. The van der Waals surface area contributed by atoms with Crippen molar-refractivity contribution in [3.63, 3.8) is 0 Å². The highest BCUT2D eigenvalue weighted by atomic mass is 32.1. The molecule has 0 amide bonds. The standard InChI is InChI=1S/C88H65B2N5OS2/c1-3-91(63-37-16-6-17-38-63)85-72-49-28-30-53-81(72)97-87(85)89-74-57-75-78(58-77(74)92(59-76(89)60(2)93(64-39-18-7-19-40-64)65-41-20-8-21-42-65)84-70(61-33-12-4-13-34-61)51-32-52-71(84)62-35-14-5-15-36-62)95(68-47-26-11-27-48-68)79-55-69(94(66-43-22-9-23-44-66)67-45-24-10-25-46-67)56-80-83(79)90(75)88-86(96-80)73-50-29-31-54-82(73)98-88/h3-58,60,76H,1,59H2,2H3/t60-,76?/m0/s1. The van der Waals surface area contributed by atoms with Crippen molar-refractivity contribution in [1.82, 2.24) is 0 Å². The Morgan fingerprint density at radius 1 is 0.459 bits per heavy atom. The minimum absolute atomic E-state index is 0.0987. The second kappa shape index (κ2) is 24.9. The van der Waals surface area contributed by atoms with Crippen LogP contribution in [-0.2, 0) is 0 Å². The highest BCUT2D eigenvalue weighted by Crippen LogP contribution is 2.53. The smallest absolute Gasteiger partial charge is 0.268 e.